The van der Waals surface area contributed by atoms with Gasteiger partial charge in [0.25, 0.3) is 0 Å². The smallest absolute Gasteiger partial charge is 0.228 e. The number of ether oxygens (including phenoxy) is 4. The van der Waals surface area contributed by atoms with E-state index in [0.717, 1.165) is 12.8 Å². The van der Waals surface area contributed by atoms with Crippen LogP contribution in [-0.4, -0.2) is 38.2 Å². The van der Waals surface area contributed by atoms with E-state index in [-0.39, 0.29) is 0 Å². The molecule has 5 heteroatoms. The minimum absolute atomic E-state index is 0.545. The fourth-order valence-electron chi connectivity index (χ4n) is 1.78. The van der Waals surface area contributed by atoms with E-state index in [2.05, 4.69) is 19.2 Å². The number of hydrogen-bond donors (Lipinski definition) is 1. The summed E-state index contributed by atoms with van der Waals surface area (Å²) in [5.41, 5.74) is 0. The molecule has 5 nitrogen and oxygen atoms in total. The SMILES string of the molecule is CCCOC(C)(NC(C)(OCC)OCCC)OCC. The highest BCUT2D eigenvalue weighted by Gasteiger charge is 2.37. The summed E-state index contributed by atoms with van der Waals surface area (Å²) in [6.45, 7) is 14.0. The zero-order chi connectivity index (χ0) is 14.8. The summed E-state index contributed by atoms with van der Waals surface area (Å²) in [6.07, 6.45) is 1.84. The van der Waals surface area contributed by atoms with Crippen LogP contribution in [0.2, 0.25) is 0 Å². The summed E-state index contributed by atoms with van der Waals surface area (Å²) in [5, 5.41) is 3.19. The fraction of sp³-hybridized carbons (Fsp3) is 1.00. The van der Waals surface area contributed by atoms with E-state index in [0.29, 0.717) is 26.4 Å². The van der Waals surface area contributed by atoms with Gasteiger partial charge in [0.2, 0.25) is 11.8 Å². The van der Waals surface area contributed by atoms with Crippen molar-refractivity contribution < 1.29 is 18.9 Å². The van der Waals surface area contributed by atoms with Gasteiger partial charge in [-0.1, -0.05) is 13.8 Å². The largest absolute Gasteiger partial charge is 0.338 e. The van der Waals surface area contributed by atoms with E-state index in [1.54, 1.807) is 0 Å². The zero-order valence-corrected chi connectivity index (χ0v) is 13.4. The van der Waals surface area contributed by atoms with Gasteiger partial charge in [0, 0.05) is 27.1 Å². The Morgan fingerprint density at radius 1 is 0.684 bits per heavy atom. The summed E-state index contributed by atoms with van der Waals surface area (Å²) in [5.74, 6) is -1.83. The van der Waals surface area contributed by atoms with Gasteiger partial charge in [0.1, 0.15) is 0 Å². The Morgan fingerprint density at radius 2 is 1.05 bits per heavy atom. The molecule has 1 N–H and O–H groups in total. The van der Waals surface area contributed by atoms with E-state index in [4.69, 9.17) is 18.9 Å². The summed E-state index contributed by atoms with van der Waals surface area (Å²) in [7, 11) is 0. The predicted molar refractivity (Wildman–Crippen MR) is 75.7 cm³/mol. The molecule has 116 valence electrons. The molecule has 0 heterocycles. The molecule has 2 unspecified atom stereocenters. The lowest BCUT2D eigenvalue weighted by molar-refractivity contribution is -0.329. The molecule has 0 saturated carbocycles. The van der Waals surface area contributed by atoms with Crippen molar-refractivity contribution in [3.05, 3.63) is 0 Å². The summed E-state index contributed by atoms with van der Waals surface area (Å²) < 4.78 is 22.8. The molecule has 0 fully saturated rings. The number of rotatable bonds is 12. The van der Waals surface area contributed by atoms with Crippen LogP contribution in [0.4, 0.5) is 0 Å². The maximum atomic E-state index is 5.75. The van der Waals surface area contributed by atoms with Crippen molar-refractivity contribution in [2.45, 2.75) is 66.2 Å². The van der Waals surface area contributed by atoms with Crippen molar-refractivity contribution in [1.29, 1.82) is 0 Å². The molecule has 0 spiro atoms. The summed E-state index contributed by atoms with van der Waals surface area (Å²) >= 11 is 0. The Balaban J connectivity index is 4.70. The molecule has 19 heavy (non-hydrogen) atoms. The van der Waals surface area contributed by atoms with Crippen LogP contribution in [0.3, 0.4) is 0 Å². The fourth-order valence-corrected chi connectivity index (χ4v) is 1.78. The van der Waals surface area contributed by atoms with Crippen molar-refractivity contribution in [1.82, 2.24) is 5.32 Å². The number of nitrogens with one attached hydrogen (secondary N) is 1. The van der Waals surface area contributed by atoms with Gasteiger partial charge in [-0.15, -0.1) is 0 Å². The minimum atomic E-state index is -0.914. The lowest BCUT2D eigenvalue weighted by Crippen LogP contribution is -2.60. The molecule has 0 aromatic rings. The summed E-state index contributed by atoms with van der Waals surface area (Å²) in [6, 6.07) is 0. The van der Waals surface area contributed by atoms with Crippen LogP contribution in [0, 0.1) is 0 Å². The first-order valence-corrected chi connectivity index (χ1v) is 7.30. The molecule has 0 amide bonds. The Hall–Kier alpha value is -0.200. The van der Waals surface area contributed by atoms with Crippen molar-refractivity contribution in [2.24, 2.45) is 0 Å². The van der Waals surface area contributed by atoms with Gasteiger partial charge in [0.15, 0.2) is 0 Å². The molecule has 0 rings (SSSR count). The van der Waals surface area contributed by atoms with Crippen molar-refractivity contribution >= 4 is 0 Å². The van der Waals surface area contributed by atoms with Crippen LogP contribution >= 0.6 is 0 Å². The molecule has 0 saturated heterocycles. The third-order valence-corrected chi connectivity index (χ3v) is 2.46. The lowest BCUT2D eigenvalue weighted by Gasteiger charge is -2.39. The van der Waals surface area contributed by atoms with Gasteiger partial charge < -0.3 is 18.9 Å². The third kappa shape index (κ3) is 7.84. The molecule has 0 aliphatic heterocycles. The van der Waals surface area contributed by atoms with Gasteiger partial charge in [0.05, 0.1) is 13.2 Å². The Bertz CT molecular complexity index is 205. The molecule has 2 atom stereocenters. The second-order valence-corrected chi connectivity index (χ2v) is 4.58. The lowest BCUT2D eigenvalue weighted by atomic mass is 10.4. The molecule has 0 bridgehead atoms. The molecule has 0 radical (unpaired) electrons. The van der Waals surface area contributed by atoms with Crippen LogP contribution in [0.25, 0.3) is 0 Å². The zero-order valence-electron chi connectivity index (χ0n) is 13.4. The molecular weight excluding hydrogens is 246 g/mol. The monoisotopic (exact) mass is 277 g/mol. The van der Waals surface area contributed by atoms with Crippen LogP contribution in [0.1, 0.15) is 54.4 Å². The molecule has 0 aliphatic carbocycles. The first kappa shape index (κ1) is 18.8. The van der Waals surface area contributed by atoms with E-state index < -0.39 is 11.8 Å². The highest BCUT2D eigenvalue weighted by Crippen LogP contribution is 2.18. The second kappa shape index (κ2) is 9.66. The Morgan fingerprint density at radius 3 is 1.32 bits per heavy atom. The standard InChI is InChI=1S/C14H31NO4/c1-7-11-18-13(5,16-9-3)15-14(6,17-10-4)19-12-8-2/h15H,7-12H2,1-6H3. The maximum absolute atomic E-state index is 5.75. The predicted octanol–water partition coefficient (Wildman–Crippen LogP) is 2.85. The molecular formula is C14H31NO4. The van der Waals surface area contributed by atoms with Gasteiger partial charge in [-0.3, -0.25) is 0 Å². The highest BCUT2D eigenvalue weighted by molar-refractivity contribution is 4.69. The average Bonchev–Trinajstić information content (AvgIpc) is 2.34. The summed E-state index contributed by atoms with van der Waals surface area (Å²) in [4.78, 5) is 0. The Kier molecular flexibility index (Phi) is 9.56. The van der Waals surface area contributed by atoms with Crippen molar-refractivity contribution in [3.63, 3.8) is 0 Å². The van der Waals surface area contributed by atoms with Crippen LogP contribution in [-0.2, 0) is 18.9 Å². The van der Waals surface area contributed by atoms with Crippen LogP contribution in [0.5, 0.6) is 0 Å². The van der Waals surface area contributed by atoms with Gasteiger partial charge >= 0.3 is 0 Å². The maximum Gasteiger partial charge on any atom is 0.228 e. The van der Waals surface area contributed by atoms with Gasteiger partial charge in [-0.05, 0) is 26.7 Å². The highest BCUT2D eigenvalue weighted by atomic mass is 16.8. The van der Waals surface area contributed by atoms with E-state index in [1.165, 1.54) is 0 Å². The average molecular weight is 277 g/mol. The third-order valence-electron chi connectivity index (χ3n) is 2.46. The first-order valence-electron chi connectivity index (χ1n) is 7.30. The normalized spacial score (nSPS) is 18.0. The minimum Gasteiger partial charge on any atom is -0.338 e. The first-order chi connectivity index (χ1) is 8.95. The van der Waals surface area contributed by atoms with Crippen molar-refractivity contribution in [2.75, 3.05) is 26.4 Å². The topological polar surface area (TPSA) is 49.0 Å². The van der Waals surface area contributed by atoms with E-state index in [1.807, 2.05) is 27.7 Å². The molecule has 0 aliphatic rings. The van der Waals surface area contributed by atoms with Crippen molar-refractivity contribution in [3.8, 4) is 0 Å². The molecule has 0 aromatic heterocycles. The van der Waals surface area contributed by atoms with E-state index >= 15 is 0 Å². The van der Waals surface area contributed by atoms with Gasteiger partial charge in [-0.2, -0.15) is 0 Å². The molecule has 0 aromatic carbocycles. The number of hydrogen-bond acceptors (Lipinski definition) is 5. The Labute approximate surface area is 117 Å². The van der Waals surface area contributed by atoms with Crippen LogP contribution in [0.15, 0.2) is 0 Å². The second-order valence-electron chi connectivity index (χ2n) is 4.58. The quantitative estimate of drug-likeness (QED) is 0.556. The van der Waals surface area contributed by atoms with E-state index in [9.17, 15) is 0 Å². The van der Waals surface area contributed by atoms with Crippen LogP contribution < -0.4 is 5.32 Å². The van der Waals surface area contributed by atoms with Gasteiger partial charge in [-0.25, -0.2) is 5.32 Å².